The van der Waals surface area contributed by atoms with E-state index in [0.717, 1.165) is 19.0 Å². The minimum Gasteiger partial charge on any atom is -0.330 e. The van der Waals surface area contributed by atoms with Gasteiger partial charge in [-0.15, -0.1) is 11.3 Å². The van der Waals surface area contributed by atoms with E-state index in [9.17, 15) is 0 Å². The molecular formula is C15H27BrN2S. The van der Waals surface area contributed by atoms with Crippen molar-refractivity contribution in [2.75, 3.05) is 20.1 Å². The Balaban J connectivity index is 2.20. The first-order valence-electron chi connectivity index (χ1n) is 7.27. The standard InChI is InChI=1S/C15H27BrN2S/c1-3-5-13(7-8-17)6-4-9-18(2)11-14-10-15(16)19-12-14/h10,12-13H,3-9,11,17H2,1-2H3. The van der Waals surface area contributed by atoms with E-state index in [1.165, 1.54) is 48.0 Å². The molecule has 0 bridgehead atoms. The van der Waals surface area contributed by atoms with Crippen LogP contribution < -0.4 is 5.73 Å². The molecule has 2 N–H and O–H groups in total. The maximum atomic E-state index is 5.68. The summed E-state index contributed by atoms with van der Waals surface area (Å²) in [5.41, 5.74) is 7.09. The Morgan fingerprint density at radius 3 is 2.74 bits per heavy atom. The Morgan fingerprint density at radius 2 is 2.16 bits per heavy atom. The molecule has 0 aliphatic carbocycles. The normalized spacial score (nSPS) is 13.1. The Bertz CT molecular complexity index is 335. The second kappa shape index (κ2) is 9.92. The number of nitrogens with two attached hydrogens (primary N) is 1. The molecule has 0 spiro atoms. The van der Waals surface area contributed by atoms with E-state index < -0.39 is 0 Å². The lowest BCUT2D eigenvalue weighted by molar-refractivity contribution is 0.298. The maximum Gasteiger partial charge on any atom is 0.0701 e. The molecule has 0 saturated heterocycles. The SMILES string of the molecule is CCCC(CCN)CCCN(C)Cc1csc(Br)c1. The van der Waals surface area contributed by atoms with Gasteiger partial charge in [0.1, 0.15) is 0 Å². The van der Waals surface area contributed by atoms with E-state index in [1.54, 1.807) is 11.3 Å². The number of nitrogens with zero attached hydrogens (tertiary/aromatic N) is 1. The van der Waals surface area contributed by atoms with Gasteiger partial charge in [-0.05, 0) is 78.3 Å². The molecule has 0 saturated carbocycles. The molecule has 1 aromatic heterocycles. The van der Waals surface area contributed by atoms with Crippen molar-refractivity contribution in [2.24, 2.45) is 11.7 Å². The molecule has 19 heavy (non-hydrogen) atoms. The molecule has 0 amide bonds. The number of halogens is 1. The van der Waals surface area contributed by atoms with Gasteiger partial charge in [-0.1, -0.05) is 19.8 Å². The van der Waals surface area contributed by atoms with Crippen LogP contribution in [-0.2, 0) is 6.54 Å². The summed E-state index contributed by atoms with van der Waals surface area (Å²) < 4.78 is 1.22. The van der Waals surface area contributed by atoms with Gasteiger partial charge < -0.3 is 10.6 Å². The Morgan fingerprint density at radius 1 is 1.37 bits per heavy atom. The molecule has 1 aromatic rings. The lowest BCUT2D eigenvalue weighted by Gasteiger charge is -2.19. The second-order valence-corrected chi connectivity index (χ2v) is 7.66. The van der Waals surface area contributed by atoms with Crippen LogP contribution in [0.1, 0.15) is 44.6 Å². The molecule has 110 valence electrons. The lowest BCUT2D eigenvalue weighted by atomic mass is 9.94. The van der Waals surface area contributed by atoms with Gasteiger partial charge in [0.05, 0.1) is 3.79 Å². The molecule has 1 atom stereocenters. The van der Waals surface area contributed by atoms with E-state index in [0.29, 0.717) is 0 Å². The van der Waals surface area contributed by atoms with Gasteiger partial charge >= 0.3 is 0 Å². The first kappa shape index (κ1) is 17.2. The first-order chi connectivity index (χ1) is 9.15. The van der Waals surface area contributed by atoms with Crippen LogP contribution in [0.25, 0.3) is 0 Å². The van der Waals surface area contributed by atoms with Gasteiger partial charge in [-0.3, -0.25) is 0 Å². The van der Waals surface area contributed by atoms with Crippen molar-refractivity contribution in [1.82, 2.24) is 4.90 Å². The molecule has 1 unspecified atom stereocenters. The van der Waals surface area contributed by atoms with Gasteiger partial charge in [0.2, 0.25) is 0 Å². The predicted molar refractivity (Wildman–Crippen MR) is 89.7 cm³/mol. The Labute approximate surface area is 130 Å². The third-order valence-corrected chi connectivity index (χ3v) is 5.05. The van der Waals surface area contributed by atoms with Crippen molar-refractivity contribution < 1.29 is 0 Å². The molecule has 0 aliphatic heterocycles. The highest BCUT2D eigenvalue weighted by Crippen LogP contribution is 2.22. The van der Waals surface area contributed by atoms with E-state index >= 15 is 0 Å². The van der Waals surface area contributed by atoms with E-state index in [1.807, 2.05) is 0 Å². The van der Waals surface area contributed by atoms with Crippen LogP contribution in [0.5, 0.6) is 0 Å². The zero-order valence-corrected chi connectivity index (χ0v) is 14.6. The summed E-state index contributed by atoms with van der Waals surface area (Å²) >= 11 is 5.28. The fourth-order valence-electron chi connectivity index (χ4n) is 2.55. The van der Waals surface area contributed by atoms with Crippen LogP contribution in [0, 0.1) is 5.92 Å². The summed E-state index contributed by atoms with van der Waals surface area (Å²) in [6, 6.07) is 2.22. The molecule has 4 heteroatoms. The first-order valence-corrected chi connectivity index (χ1v) is 8.94. The van der Waals surface area contributed by atoms with Gasteiger partial charge in [-0.25, -0.2) is 0 Å². The molecule has 1 rings (SSSR count). The second-order valence-electron chi connectivity index (χ2n) is 5.37. The van der Waals surface area contributed by atoms with Crippen LogP contribution in [0.2, 0.25) is 0 Å². The monoisotopic (exact) mass is 346 g/mol. The quantitative estimate of drug-likeness (QED) is 0.676. The van der Waals surface area contributed by atoms with Gasteiger partial charge in [0, 0.05) is 6.54 Å². The smallest absolute Gasteiger partial charge is 0.0701 e. The molecule has 1 heterocycles. The van der Waals surface area contributed by atoms with Crippen molar-refractivity contribution in [2.45, 2.75) is 45.6 Å². The summed E-state index contributed by atoms with van der Waals surface area (Å²) in [4.78, 5) is 2.42. The van der Waals surface area contributed by atoms with Crippen LogP contribution in [0.4, 0.5) is 0 Å². The van der Waals surface area contributed by atoms with Crippen molar-refractivity contribution in [1.29, 1.82) is 0 Å². The summed E-state index contributed by atoms with van der Waals surface area (Å²) in [5.74, 6) is 0.832. The average molecular weight is 347 g/mol. The van der Waals surface area contributed by atoms with Crippen molar-refractivity contribution in [3.63, 3.8) is 0 Å². The van der Waals surface area contributed by atoms with Crippen LogP contribution >= 0.6 is 27.3 Å². The minimum atomic E-state index is 0.832. The van der Waals surface area contributed by atoms with E-state index in [-0.39, 0.29) is 0 Å². The topological polar surface area (TPSA) is 29.3 Å². The summed E-state index contributed by atoms with van der Waals surface area (Å²) in [6.07, 6.45) is 6.41. The van der Waals surface area contributed by atoms with Gasteiger partial charge in [0.25, 0.3) is 0 Å². The zero-order chi connectivity index (χ0) is 14.1. The van der Waals surface area contributed by atoms with Crippen molar-refractivity contribution in [3.8, 4) is 0 Å². The highest BCUT2D eigenvalue weighted by atomic mass is 79.9. The fourth-order valence-corrected chi connectivity index (χ4v) is 3.75. The molecular weight excluding hydrogens is 320 g/mol. The van der Waals surface area contributed by atoms with Crippen molar-refractivity contribution >= 4 is 27.3 Å². The molecule has 0 radical (unpaired) electrons. The molecule has 0 aliphatic rings. The van der Waals surface area contributed by atoms with E-state index in [2.05, 4.69) is 46.2 Å². The van der Waals surface area contributed by atoms with Gasteiger partial charge in [-0.2, -0.15) is 0 Å². The average Bonchev–Trinajstić information content (AvgIpc) is 2.75. The van der Waals surface area contributed by atoms with Crippen LogP contribution in [0.15, 0.2) is 15.2 Å². The number of hydrogen-bond donors (Lipinski definition) is 1. The highest BCUT2D eigenvalue weighted by molar-refractivity contribution is 9.11. The fraction of sp³-hybridized carbons (Fsp3) is 0.733. The van der Waals surface area contributed by atoms with Crippen molar-refractivity contribution in [3.05, 3.63) is 20.8 Å². The summed E-state index contributed by atoms with van der Waals surface area (Å²) in [7, 11) is 2.21. The Kier molecular flexibility index (Phi) is 8.95. The highest BCUT2D eigenvalue weighted by Gasteiger charge is 2.08. The van der Waals surface area contributed by atoms with E-state index in [4.69, 9.17) is 5.73 Å². The van der Waals surface area contributed by atoms with Crippen LogP contribution in [0.3, 0.4) is 0 Å². The molecule has 0 fully saturated rings. The summed E-state index contributed by atoms with van der Waals surface area (Å²) in [5, 5.41) is 2.23. The predicted octanol–water partition coefficient (Wildman–Crippen LogP) is 4.49. The maximum absolute atomic E-state index is 5.68. The third-order valence-electron chi connectivity index (χ3n) is 3.50. The van der Waals surface area contributed by atoms with Crippen LogP contribution in [-0.4, -0.2) is 25.0 Å². The zero-order valence-electron chi connectivity index (χ0n) is 12.2. The Hall–Kier alpha value is 0.100. The number of hydrogen-bond acceptors (Lipinski definition) is 3. The number of rotatable bonds is 10. The molecule has 2 nitrogen and oxygen atoms in total. The summed E-state index contributed by atoms with van der Waals surface area (Å²) in [6.45, 7) is 5.34. The van der Waals surface area contributed by atoms with Gasteiger partial charge in [0.15, 0.2) is 0 Å². The third kappa shape index (κ3) is 7.45. The number of thiophene rings is 1. The minimum absolute atomic E-state index is 0.832. The largest absolute Gasteiger partial charge is 0.330 e. The molecule has 0 aromatic carbocycles. The lowest BCUT2D eigenvalue weighted by Crippen LogP contribution is -2.20.